The molecule has 0 radical (unpaired) electrons. The molecule has 0 spiro atoms. The van der Waals surface area contributed by atoms with Crippen molar-refractivity contribution in [3.63, 3.8) is 0 Å². The molecule has 0 unspecified atom stereocenters. The highest BCUT2D eigenvalue weighted by molar-refractivity contribution is 7.92. The lowest BCUT2D eigenvalue weighted by atomic mass is 10.0. The van der Waals surface area contributed by atoms with Gasteiger partial charge in [-0.3, -0.25) is 13.9 Å². The molecule has 4 rings (SSSR count). The lowest BCUT2D eigenvalue weighted by Gasteiger charge is -2.34. The Labute approximate surface area is 259 Å². The van der Waals surface area contributed by atoms with Crippen LogP contribution in [0.2, 0.25) is 0 Å². The number of sulfonamides is 1. The molecule has 0 aliphatic rings. The number of hydrogen-bond donors (Lipinski definition) is 1. The van der Waals surface area contributed by atoms with E-state index in [2.05, 4.69) is 5.32 Å². The topological polar surface area (TPSA) is 86.8 Å². The zero-order valence-electron chi connectivity index (χ0n) is 25.0. The Kier molecular flexibility index (Phi) is 11.3. The van der Waals surface area contributed by atoms with E-state index in [1.54, 1.807) is 48.5 Å². The molecule has 0 saturated carbocycles. The standard InChI is InChI=1S/C35H38FN3O4S/c1-3-23-37-35(41)33(24-27-15-7-5-8-16-27)38(25-29-18-11-13-21-31(29)36)34(40)26-39(32-22-14-12-17-28(32)4-2)44(42,43)30-19-9-6-10-20-30/h5-22,33H,3-4,23-26H2,1-2H3,(H,37,41)/t33-/m0/s1. The van der Waals surface area contributed by atoms with Crippen LogP contribution in [-0.4, -0.2) is 44.3 Å². The molecule has 9 heteroatoms. The first-order valence-corrected chi connectivity index (χ1v) is 16.2. The number of carbonyl (C=O) groups excluding carboxylic acids is 2. The number of nitrogens with one attached hydrogen (secondary N) is 1. The van der Waals surface area contributed by atoms with Gasteiger partial charge in [0.2, 0.25) is 11.8 Å². The monoisotopic (exact) mass is 615 g/mol. The molecule has 7 nitrogen and oxygen atoms in total. The Morgan fingerprint density at radius 3 is 2.02 bits per heavy atom. The van der Waals surface area contributed by atoms with Crippen LogP contribution in [0.15, 0.2) is 114 Å². The summed E-state index contributed by atoms with van der Waals surface area (Å²) in [4.78, 5) is 29.5. The maximum atomic E-state index is 15.0. The third-order valence-electron chi connectivity index (χ3n) is 7.37. The van der Waals surface area contributed by atoms with Gasteiger partial charge in [-0.25, -0.2) is 12.8 Å². The van der Waals surface area contributed by atoms with Crippen molar-refractivity contribution < 1.29 is 22.4 Å². The Morgan fingerprint density at radius 1 is 0.795 bits per heavy atom. The molecule has 4 aromatic rings. The number of hydrogen-bond acceptors (Lipinski definition) is 4. The molecule has 4 aromatic carbocycles. The van der Waals surface area contributed by atoms with E-state index in [1.807, 2.05) is 56.3 Å². The number of para-hydroxylation sites is 1. The third kappa shape index (κ3) is 7.90. The summed E-state index contributed by atoms with van der Waals surface area (Å²) in [7, 11) is -4.20. The van der Waals surface area contributed by atoms with Crippen molar-refractivity contribution in [2.45, 2.75) is 50.6 Å². The summed E-state index contributed by atoms with van der Waals surface area (Å²) < 4.78 is 44.3. The zero-order valence-corrected chi connectivity index (χ0v) is 25.8. The van der Waals surface area contributed by atoms with Crippen LogP contribution >= 0.6 is 0 Å². The second-order valence-electron chi connectivity index (χ2n) is 10.4. The highest BCUT2D eigenvalue weighted by Gasteiger charge is 2.35. The average molecular weight is 616 g/mol. The fourth-order valence-corrected chi connectivity index (χ4v) is 6.49. The summed E-state index contributed by atoms with van der Waals surface area (Å²) in [5.74, 6) is -1.55. The molecule has 230 valence electrons. The zero-order chi connectivity index (χ0) is 31.5. The van der Waals surface area contributed by atoms with Gasteiger partial charge in [-0.15, -0.1) is 0 Å². The van der Waals surface area contributed by atoms with Gasteiger partial charge >= 0.3 is 0 Å². The van der Waals surface area contributed by atoms with Crippen molar-refractivity contribution in [3.05, 3.63) is 132 Å². The summed E-state index contributed by atoms with van der Waals surface area (Å²) >= 11 is 0. The van der Waals surface area contributed by atoms with Gasteiger partial charge in [0.1, 0.15) is 18.4 Å². The summed E-state index contributed by atoms with van der Waals surface area (Å²) in [6.45, 7) is 3.41. The average Bonchev–Trinajstić information content (AvgIpc) is 3.05. The van der Waals surface area contributed by atoms with E-state index in [0.29, 0.717) is 25.1 Å². The van der Waals surface area contributed by atoms with Crippen molar-refractivity contribution in [2.24, 2.45) is 0 Å². The number of carbonyl (C=O) groups is 2. The van der Waals surface area contributed by atoms with E-state index in [-0.39, 0.29) is 23.4 Å². The van der Waals surface area contributed by atoms with Crippen molar-refractivity contribution >= 4 is 27.5 Å². The number of benzene rings is 4. The number of halogens is 1. The van der Waals surface area contributed by atoms with Crippen LogP contribution in [0.3, 0.4) is 0 Å². The van der Waals surface area contributed by atoms with Gasteiger partial charge in [0.25, 0.3) is 10.0 Å². The predicted molar refractivity (Wildman–Crippen MR) is 171 cm³/mol. The van der Waals surface area contributed by atoms with Crippen LogP contribution in [0.4, 0.5) is 10.1 Å². The molecule has 0 aliphatic heterocycles. The highest BCUT2D eigenvalue weighted by Crippen LogP contribution is 2.28. The molecule has 0 saturated heterocycles. The SMILES string of the molecule is CCCNC(=O)[C@H](Cc1ccccc1)N(Cc1ccccc1F)C(=O)CN(c1ccccc1CC)S(=O)(=O)c1ccccc1. The van der Waals surface area contributed by atoms with Gasteiger partial charge in [0.05, 0.1) is 10.6 Å². The molecule has 1 atom stereocenters. The third-order valence-corrected chi connectivity index (χ3v) is 9.14. The second kappa shape index (κ2) is 15.3. The lowest BCUT2D eigenvalue weighted by Crippen LogP contribution is -2.53. The molecular weight excluding hydrogens is 577 g/mol. The van der Waals surface area contributed by atoms with Gasteiger partial charge in [0, 0.05) is 25.1 Å². The fraction of sp³-hybridized carbons (Fsp3) is 0.257. The van der Waals surface area contributed by atoms with Gasteiger partial charge in [-0.05, 0) is 48.2 Å². The number of nitrogens with zero attached hydrogens (tertiary/aromatic N) is 2. The maximum absolute atomic E-state index is 15.0. The summed E-state index contributed by atoms with van der Waals surface area (Å²) in [6.07, 6.45) is 1.37. The number of amides is 2. The van der Waals surface area contributed by atoms with E-state index in [0.717, 1.165) is 15.4 Å². The maximum Gasteiger partial charge on any atom is 0.264 e. The van der Waals surface area contributed by atoms with Crippen LogP contribution in [0, 0.1) is 5.82 Å². The first-order valence-electron chi connectivity index (χ1n) is 14.8. The minimum atomic E-state index is -4.20. The van der Waals surface area contributed by atoms with E-state index in [9.17, 15) is 22.4 Å². The highest BCUT2D eigenvalue weighted by atomic mass is 32.2. The van der Waals surface area contributed by atoms with E-state index in [4.69, 9.17) is 0 Å². The predicted octanol–water partition coefficient (Wildman–Crippen LogP) is 5.75. The Morgan fingerprint density at radius 2 is 1.39 bits per heavy atom. The van der Waals surface area contributed by atoms with Crippen LogP contribution in [0.1, 0.15) is 37.0 Å². The smallest absolute Gasteiger partial charge is 0.264 e. The van der Waals surface area contributed by atoms with Crippen LogP contribution in [0.5, 0.6) is 0 Å². The molecule has 0 fully saturated rings. The quantitative estimate of drug-likeness (QED) is 0.196. The fourth-order valence-electron chi connectivity index (χ4n) is 5.02. The second-order valence-corrected chi connectivity index (χ2v) is 12.3. The van der Waals surface area contributed by atoms with Gasteiger partial charge < -0.3 is 10.2 Å². The molecule has 2 amide bonds. The molecule has 0 heterocycles. The Bertz CT molecular complexity index is 1650. The minimum absolute atomic E-state index is 0.0286. The van der Waals surface area contributed by atoms with Crippen LogP contribution in [-0.2, 0) is 39.0 Å². The van der Waals surface area contributed by atoms with E-state index >= 15 is 0 Å². The first-order chi connectivity index (χ1) is 21.3. The largest absolute Gasteiger partial charge is 0.354 e. The summed E-state index contributed by atoms with van der Waals surface area (Å²) in [5.41, 5.74) is 2.13. The van der Waals surface area contributed by atoms with E-state index < -0.39 is 40.2 Å². The Balaban J connectivity index is 1.82. The first kappa shape index (κ1) is 32.4. The van der Waals surface area contributed by atoms with Crippen molar-refractivity contribution in [3.8, 4) is 0 Å². The normalized spacial score (nSPS) is 11.9. The Hall–Kier alpha value is -4.50. The summed E-state index contributed by atoms with van der Waals surface area (Å²) in [6, 6.07) is 29.2. The van der Waals surface area contributed by atoms with Crippen molar-refractivity contribution in [1.29, 1.82) is 0 Å². The van der Waals surface area contributed by atoms with Crippen LogP contribution < -0.4 is 9.62 Å². The molecular formula is C35H38FN3O4S. The molecule has 44 heavy (non-hydrogen) atoms. The van der Waals surface area contributed by atoms with Crippen molar-refractivity contribution in [2.75, 3.05) is 17.4 Å². The molecule has 0 bridgehead atoms. The summed E-state index contributed by atoms with van der Waals surface area (Å²) in [5, 5.41) is 2.89. The van der Waals surface area contributed by atoms with Gasteiger partial charge in [0.15, 0.2) is 0 Å². The van der Waals surface area contributed by atoms with Gasteiger partial charge in [-0.1, -0.05) is 98.8 Å². The van der Waals surface area contributed by atoms with Gasteiger partial charge in [-0.2, -0.15) is 0 Å². The lowest BCUT2D eigenvalue weighted by molar-refractivity contribution is -0.140. The van der Waals surface area contributed by atoms with Crippen LogP contribution in [0.25, 0.3) is 0 Å². The number of aryl methyl sites for hydroxylation is 1. The molecule has 0 aromatic heterocycles. The number of anilines is 1. The van der Waals surface area contributed by atoms with Crippen molar-refractivity contribution in [1.82, 2.24) is 10.2 Å². The number of rotatable bonds is 14. The minimum Gasteiger partial charge on any atom is -0.354 e. The molecule has 1 N–H and O–H groups in total. The molecule has 0 aliphatic carbocycles. The van der Waals surface area contributed by atoms with E-state index in [1.165, 1.54) is 23.1 Å².